The molecule has 0 saturated carbocycles. The Kier molecular flexibility index (Phi) is 5.35. The zero-order valence-corrected chi connectivity index (χ0v) is 11.2. The molecule has 0 bridgehead atoms. The lowest BCUT2D eigenvalue weighted by molar-refractivity contribution is 0.0704. The fraction of sp³-hybridized carbons (Fsp3) is 0.692. The summed E-state index contributed by atoms with van der Waals surface area (Å²) in [5.41, 5.74) is 2.67. The molecule has 0 aliphatic rings. The molecule has 4 nitrogen and oxygen atoms in total. The van der Waals surface area contributed by atoms with E-state index in [0.717, 1.165) is 36.1 Å². The maximum absolute atomic E-state index is 11.1. The molecule has 0 aliphatic heterocycles. The Morgan fingerprint density at radius 3 is 2.53 bits per heavy atom. The fourth-order valence-corrected chi connectivity index (χ4v) is 1.90. The van der Waals surface area contributed by atoms with E-state index in [4.69, 9.17) is 4.74 Å². The van der Waals surface area contributed by atoms with Gasteiger partial charge in [0.25, 0.3) is 0 Å². The molecule has 17 heavy (non-hydrogen) atoms. The summed E-state index contributed by atoms with van der Waals surface area (Å²) in [5.74, 6) is 0. The van der Waals surface area contributed by atoms with Gasteiger partial charge in [-0.15, -0.1) is 0 Å². The summed E-state index contributed by atoms with van der Waals surface area (Å²) in [6, 6.07) is 0. The van der Waals surface area contributed by atoms with Gasteiger partial charge in [0, 0.05) is 5.69 Å². The lowest BCUT2D eigenvalue weighted by Gasteiger charge is -2.09. The number of aldehydes is 1. The molecule has 1 aromatic heterocycles. The van der Waals surface area contributed by atoms with Gasteiger partial charge in [0.05, 0.1) is 30.5 Å². The third-order valence-corrected chi connectivity index (χ3v) is 2.72. The van der Waals surface area contributed by atoms with Gasteiger partial charge in [0.2, 0.25) is 0 Å². The zero-order chi connectivity index (χ0) is 12.8. The van der Waals surface area contributed by atoms with Crippen molar-refractivity contribution in [3.8, 4) is 0 Å². The third-order valence-electron chi connectivity index (χ3n) is 2.72. The average Bonchev–Trinajstić information content (AvgIpc) is 2.65. The Bertz CT molecular complexity index is 370. The highest BCUT2D eigenvalue weighted by Crippen LogP contribution is 2.14. The molecular formula is C13H22N2O2. The molecule has 0 unspecified atom stereocenters. The van der Waals surface area contributed by atoms with E-state index in [9.17, 15) is 4.79 Å². The third kappa shape index (κ3) is 3.40. The lowest BCUT2D eigenvalue weighted by Crippen LogP contribution is -2.13. The molecule has 1 rings (SSSR count). The SMILES string of the molecule is CCc1nn(CCOC(C)C)c(CC)c1C=O. The van der Waals surface area contributed by atoms with E-state index in [2.05, 4.69) is 5.10 Å². The molecule has 0 amide bonds. The van der Waals surface area contributed by atoms with Crippen molar-refractivity contribution in [1.82, 2.24) is 9.78 Å². The number of ether oxygens (including phenoxy) is 1. The van der Waals surface area contributed by atoms with E-state index in [-0.39, 0.29) is 6.10 Å². The second-order valence-electron chi connectivity index (χ2n) is 4.27. The summed E-state index contributed by atoms with van der Waals surface area (Å²) >= 11 is 0. The van der Waals surface area contributed by atoms with E-state index >= 15 is 0 Å². The Hall–Kier alpha value is -1.16. The van der Waals surface area contributed by atoms with Crippen LogP contribution in [0.5, 0.6) is 0 Å². The van der Waals surface area contributed by atoms with Crippen LogP contribution >= 0.6 is 0 Å². The molecule has 4 heteroatoms. The lowest BCUT2D eigenvalue weighted by atomic mass is 10.1. The van der Waals surface area contributed by atoms with Gasteiger partial charge < -0.3 is 4.74 Å². The van der Waals surface area contributed by atoms with Crippen LogP contribution in [0.4, 0.5) is 0 Å². The van der Waals surface area contributed by atoms with E-state index < -0.39 is 0 Å². The van der Waals surface area contributed by atoms with Crippen LogP contribution in [-0.4, -0.2) is 28.8 Å². The van der Waals surface area contributed by atoms with E-state index in [1.54, 1.807) is 0 Å². The highest BCUT2D eigenvalue weighted by atomic mass is 16.5. The van der Waals surface area contributed by atoms with Crippen molar-refractivity contribution in [2.75, 3.05) is 6.61 Å². The van der Waals surface area contributed by atoms with Crippen LogP contribution in [0.1, 0.15) is 49.4 Å². The van der Waals surface area contributed by atoms with Crippen LogP contribution in [0.25, 0.3) is 0 Å². The van der Waals surface area contributed by atoms with E-state index in [0.29, 0.717) is 13.2 Å². The minimum Gasteiger partial charge on any atom is -0.377 e. The van der Waals surface area contributed by atoms with Crippen molar-refractivity contribution >= 4 is 6.29 Å². The number of aromatic nitrogens is 2. The smallest absolute Gasteiger partial charge is 0.153 e. The molecule has 96 valence electrons. The van der Waals surface area contributed by atoms with Crippen molar-refractivity contribution in [3.05, 3.63) is 17.0 Å². The quantitative estimate of drug-likeness (QED) is 0.684. The molecule has 0 saturated heterocycles. The second-order valence-corrected chi connectivity index (χ2v) is 4.27. The second kappa shape index (κ2) is 6.55. The Morgan fingerprint density at radius 2 is 2.06 bits per heavy atom. The summed E-state index contributed by atoms with van der Waals surface area (Å²) in [4.78, 5) is 11.1. The van der Waals surface area contributed by atoms with Gasteiger partial charge >= 0.3 is 0 Å². The molecule has 0 fully saturated rings. The summed E-state index contributed by atoms with van der Waals surface area (Å²) in [7, 11) is 0. The first-order chi connectivity index (χ1) is 8.13. The minimum absolute atomic E-state index is 0.229. The number of carbonyl (C=O) groups is 1. The van der Waals surface area contributed by atoms with Gasteiger partial charge in [-0.1, -0.05) is 13.8 Å². The Morgan fingerprint density at radius 1 is 1.35 bits per heavy atom. The molecule has 1 heterocycles. The van der Waals surface area contributed by atoms with Crippen LogP contribution in [0, 0.1) is 0 Å². The van der Waals surface area contributed by atoms with Crippen LogP contribution in [-0.2, 0) is 24.1 Å². The van der Waals surface area contributed by atoms with Crippen LogP contribution in [0.3, 0.4) is 0 Å². The van der Waals surface area contributed by atoms with Crippen molar-refractivity contribution in [3.63, 3.8) is 0 Å². The summed E-state index contributed by atoms with van der Waals surface area (Å²) in [5, 5.41) is 4.47. The maximum Gasteiger partial charge on any atom is 0.153 e. The Labute approximate surface area is 103 Å². The predicted octanol–water partition coefficient (Wildman–Crippen LogP) is 2.25. The van der Waals surface area contributed by atoms with E-state index in [1.165, 1.54) is 0 Å². The molecule has 0 radical (unpaired) electrons. The number of hydrogen-bond donors (Lipinski definition) is 0. The number of aryl methyl sites for hydroxylation is 1. The topological polar surface area (TPSA) is 44.1 Å². The normalized spacial score (nSPS) is 11.1. The average molecular weight is 238 g/mol. The van der Waals surface area contributed by atoms with Gasteiger partial charge in [0.15, 0.2) is 6.29 Å². The highest BCUT2D eigenvalue weighted by Gasteiger charge is 2.14. The van der Waals surface area contributed by atoms with Gasteiger partial charge in [-0.05, 0) is 26.7 Å². The van der Waals surface area contributed by atoms with Crippen molar-refractivity contribution in [1.29, 1.82) is 0 Å². The summed E-state index contributed by atoms with van der Waals surface area (Å²) in [6.45, 7) is 9.43. The number of rotatable bonds is 7. The first kappa shape index (κ1) is 13.9. The van der Waals surface area contributed by atoms with E-state index in [1.807, 2.05) is 32.4 Å². The number of hydrogen-bond acceptors (Lipinski definition) is 3. The molecule has 0 aliphatic carbocycles. The Balaban J connectivity index is 2.83. The van der Waals surface area contributed by atoms with Crippen molar-refractivity contribution in [2.45, 2.75) is 53.2 Å². The number of nitrogens with zero attached hydrogens (tertiary/aromatic N) is 2. The molecule has 0 spiro atoms. The monoisotopic (exact) mass is 238 g/mol. The molecular weight excluding hydrogens is 216 g/mol. The minimum atomic E-state index is 0.229. The van der Waals surface area contributed by atoms with Crippen LogP contribution < -0.4 is 0 Å². The molecule has 0 N–H and O–H groups in total. The standard InChI is InChI=1S/C13H22N2O2/c1-5-12-11(9-16)13(6-2)15(14-12)7-8-17-10(3)4/h9-10H,5-8H2,1-4H3. The first-order valence-corrected chi connectivity index (χ1v) is 6.29. The molecule has 1 aromatic rings. The highest BCUT2D eigenvalue weighted by molar-refractivity contribution is 5.78. The maximum atomic E-state index is 11.1. The van der Waals surface area contributed by atoms with Gasteiger partial charge in [-0.3, -0.25) is 9.48 Å². The first-order valence-electron chi connectivity index (χ1n) is 6.29. The zero-order valence-electron chi connectivity index (χ0n) is 11.2. The summed E-state index contributed by atoms with van der Waals surface area (Å²) in [6.07, 6.45) is 2.76. The largest absolute Gasteiger partial charge is 0.377 e. The summed E-state index contributed by atoms with van der Waals surface area (Å²) < 4.78 is 7.42. The molecule has 0 atom stereocenters. The van der Waals surface area contributed by atoms with Crippen LogP contribution in [0.2, 0.25) is 0 Å². The van der Waals surface area contributed by atoms with Gasteiger partial charge in [0.1, 0.15) is 0 Å². The van der Waals surface area contributed by atoms with Crippen molar-refractivity contribution in [2.24, 2.45) is 0 Å². The fourth-order valence-electron chi connectivity index (χ4n) is 1.90. The molecule has 0 aromatic carbocycles. The number of carbonyl (C=O) groups excluding carboxylic acids is 1. The van der Waals surface area contributed by atoms with Gasteiger partial charge in [-0.25, -0.2) is 0 Å². The predicted molar refractivity (Wildman–Crippen MR) is 67.5 cm³/mol. The van der Waals surface area contributed by atoms with Crippen molar-refractivity contribution < 1.29 is 9.53 Å². The van der Waals surface area contributed by atoms with Crippen LogP contribution in [0.15, 0.2) is 0 Å². The van der Waals surface area contributed by atoms with Gasteiger partial charge in [-0.2, -0.15) is 5.10 Å².